The molecule has 3 aliphatic rings. The van der Waals surface area contributed by atoms with Gasteiger partial charge in [-0.1, -0.05) is 6.07 Å². The lowest BCUT2D eigenvalue weighted by Gasteiger charge is -2.34. The molecule has 0 amide bonds. The smallest absolute Gasteiger partial charge is 0.127 e. The number of hydrogen-bond donors (Lipinski definition) is 0. The Labute approximate surface area is 185 Å². The van der Waals surface area contributed by atoms with Crippen LogP contribution in [0.3, 0.4) is 0 Å². The van der Waals surface area contributed by atoms with E-state index in [1.807, 2.05) is 12.1 Å². The van der Waals surface area contributed by atoms with Crippen LogP contribution in [-0.4, -0.2) is 81.2 Å². The van der Waals surface area contributed by atoms with E-state index < -0.39 is 0 Å². The highest BCUT2D eigenvalue weighted by molar-refractivity contribution is 5.41. The average Bonchev–Trinajstić information content (AvgIpc) is 3.51. The highest BCUT2D eigenvalue weighted by atomic mass is 16.5. The summed E-state index contributed by atoms with van der Waals surface area (Å²) in [4.78, 5) is 4.83. The van der Waals surface area contributed by atoms with Crippen LogP contribution in [0.5, 0.6) is 11.5 Å². The maximum atomic E-state index is 8.80. The zero-order chi connectivity index (χ0) is 21.3. The van der Waals surface area contributed by atoms with Crippen LogP contribution in [0.2, 0.25) is 0 Å². The van der Waals surface area contributed by atoms with Gasteiger partial charge in [-0.3, -0.25) is 9.80 Å². The van der Waals surface area contributed by atoms with Crippen molar-refractivity contribution in [1.82, 2.24) is 9.80 Å². The molecule has 0 aliphatic carbocycles. The van der Waals surface area contributed by atoms with Gasteiger partial charge in [-0.25, -0.2) is 0 Å². The molecular formula is C24H35N3O4. The molecule has 2 atom stereocenters. The first kappa shape index (κ1) is 22.3. The molecule has 31 heavy (non-hydrogen) atoms. The molecule has 7 heteroatoms. The molecule has 4 rings (SSSR count). The number of nitriles is 1. The van der Waals surface area contributed by atoms with E-state index in [0.717, 1.165) is 89.7 Å². The van der Waals surface area contributed by atoms with Crippen molar-refractivity contribution in [3.8, 4) is 17.6 Å². The van der Waals surface area contributed by atoms with Crippen molar-refractivity contribution < 1.29 is 18.9 Å². The molecule has 2 unspecified atom stereocenters. The van der Waals surface area contributed by atoms with E-state index in [9.17, 15) is 0 Å². The van der Waals surface area contributed by atoms with Crippen LogP contribution in [0, 0.1) is 11.3 Å². The lowest BCUT2D eigenvalue weighted by molar-refractivity contribution is 0.0647. The van der Waals surface area contributed by atoms with Crippen LogP contribution in [0.4, 0.5) is 0 Å². The van der Waals surface area contributed by atoms with Crippen molar-refractivity contribution in [1.29, 1.82) is 5.26 Å². The third-order valence-electron chi connectivity index (χ3n) is 6.35. The summed E-state index contributed by atoms with van der Waals surface area (Å²) in [5.74, 6) is 1.73. The van der Waals surface area contributed by atoms with Crippen LogP contribution < -0.4 is 9.47 Å². The van der Waals surface area contributed by atoms with Gasteiger partial charge in [-0.2, -0.15) is 5.26 Å². The zero-order valence-electron chi connectivity index (χ0n) is 18.5. The summed E-state index contributed by atoms with van der Waals surface area (Å²) in [5.41, 5.74) is 1.19. The maximum absolute atomic E-state index is 8.80. The van der Waals surface area contributed by atoms with Gasteiger partial charge in [-0.05, 0) is 31.7 Å². The predicted molar refractivity (Wildman–Crippen MR) is 117 cm³/mol. The number of benzene rings is 1. The molecular weight excluding hydrogens is 394 g/mol. The number of rotatable bonds is 10. The molecule has 0 radical (unpaired) electrons. The Morgan fingerprint density at radius 3 is 2.26 bits per heavy atom. The van der Waals surface area contributed by atoms with Crippen molar-refractivity contribution in [2.24, 2.45) is 0 Å². The standard InChI is InChI=1S/C24H35N3O4/c25-8-3-9-26-10-12-27(13-11-26)17-20-6-7-21(30-18-22-4-1-14-28-22)16-24(20)31-19-23-5-2-15-29-23/h6-7,16,22-23H,1-5,9-15,17-19H2. The molecule has 0 bridgehead atoms. The summed E-state index contributed by atoms with van der Waals surface area (Å²) in [5, 5.41) is 8.80. The lowest BCUT2D eigenvalue weighted by atomic mass is 10.1. The Hall–Kier alpha value is -1.85. The van der Waals surface area contributed by atoms with E-state index in [4.69, 9.17) is 24.2 Å². The van der Waals surface area contributed by atoms with Gasteiger partial charge in [-0.15, -0.1) is 0 Å². The van der Waals surface area contributed by atoms with Crippen molar-refractivity contribution in [3.05, 3.63) is 23.8 Å². The summed E-state index contributed by atoms with van der Waals surface area (Å²) < 4.78 is 23.7. The third kappa shape index (κ3) is 6.81. The summed E-state index contributed by atoms with van der Waals surface area (Å²) >= 11 is 0. The number of piperazine rings is 1. The van der Waals surface area contributed by atoms with E-state index >= 15 is 0 Å². The fourth-order valence-electron chi connectivity index (χ4n) is 4.43. The van der Waals surface area contributed by atoms with Crippen LogP contribution in [0.1, 0.15) is 37.7 Å². The van der Waals surface area contributed by atoms with Crippen LogP contribution >= 0.6 is 0 Å². The van der Waals surface area contributed by atoms with Crippen molar-refractivity contribution in [3.63, 3.8) is 0 Å². The molecule has 7 nitrogen and oxygen atoms in total. The van der Waals surface area contributed by atoms with E-state index in [1.54, 1.807) is 0 Å². The summed E-state index contributed by atoms with van der Waals surface area (Å²) in [7, 11) is 0. The second kappa shape index (κ2) is 11.7. The third-order valence-corrected chi connectivity index (χ3v) is 6.35. The molecule has 3 fully saturated rings. The quantitative estimate of drug-likeness (QED) is 0.567. The molecule has 1 aromatic carbocycles. The Morgan fingerprint density at radius 1 is 0.935 bits per heavy atom. The molecule has 3 aliphatic heterocycles. The predicted octanol–water partition coefficient (Wildman–Crippen LogP) is 2.83. The van der Waals surface area contributed by atoms with E-state index in [2.05, 4.69) is 21.9 Å². The second-order valence-corrected chi connectivity index (χ2v) is 8.69. The molecule has 1 aromatic rings. The zero-order valence-corrected chi connectivity index (χ0v) is 18.5. The Morgan fingerprint density at radius 2 is 1.61 bits per heavy atom. The summed E-state index contributed by atoms with van der Waals surface area (Å²) in [6.45, 7) is 8.62. The molecule has 170 valence electrons. The fourth-order valence-corrected chi connectivity index (χ4v) is 4.43. The Bertz CT molecular complexity index is 718. The number of hydrogen-bond acceptors (Lipinski definition) is 7. The number of ether oxygens (including phenoxy) is 4. The van der Waals surface area contributed by atoms with Crippen molar-refractivity contribution >= 4 is 0 Å². The minimum atomic E-state index is 0.188. The monoisotopic (exact) mass is 429 g/mol. The van der Waals surface area contributed by atoms with Crippen molar-refractivity contribution in [2.45, 2.75) is 50.9 Å². The summed E-state index contributed by atoms with van der Waals surface area (Å²) in [6.07, 6.45) is 5.36. The first-order valence-electron chi connectivity index (χ1n) is 11.7. The molecule has 0 N–H and O–H groups in total. The van der Waals surface area contributed by atoms with Gasteiger partial charge in [0.05, 0.1) is 18.3 Å². The van der Waals surface area contributed by atoms with Gasteiger partial charge < -0.3 is 18.9 Å². The normalized spacial score (nSPS) is 24.9. The van der Waals surface area contributed by atoms with E-state index in [-0.39, 0.29) is 12.2 Å². The molecule has 3 heterocycles. The highest BCUT2D eigenvalue weighted by Crippen LogP contribution is 2.28. The van der Waals surface area contributed by atoms with Gasteiger partial charge in [0.2, 0.25) is 0 Å². The molecule has 0 aromatic heterocycles. The number of nitrogens with zero attached hydrogens (tertiary/aromatic N) is 3. The van der Waals surface area contributed by atoms with Gasteiger partial charge in [0, 0.05) is 70.5 Å². The first-order chi connectivity index (χ1) is 15.3. The highest BCUT2D eigenvalue weighted by Gasteiger charge is 2.21. The maximum Gasteiger partial charge on any atom is 0.127 e. The fraction of sp³-hybridized carbons (Fsp3) is 0.708. The van der Waals surface area contributed by atoms with Crippen LogP contribution in [0.25, 0.3) is 0 Å². The molecule has 3 saturated heterocycles. The van der Waals surface area contributed by atoms with E-state index in [0.29, 0.717) is 19.6 Å². The van der Waals surface area contributed by atoms with Gasteiger partial charge in [0.1, 0.15) is 24.7 Å². The van der Waals surface area contributed by atoms with Crippen LogP contribution in [-0.2, 0) is 16.0 Å². The Kier molecular flexibility index (Phi) is 8.42. The van der Waals surface area contributed by atoms with Crippen molar-refractivity contribution in [2.75, 3.05) is 59.2 Å². The van der Waals surface area contributed by atoms with Gasteiger partial charge in [0.15, 0.2) is 0 Å². The first-order valence-corrected chi connectivity index (χ1v) is 11.7. The molecule has 0 saturated carbocycles. The van der Waals surface area contributed by atoms with E-state index in [1.165, 1.54) is 5.56 Å². The van der Waals surface area contributed by atoms with Crippen LogP contribution in [0.15, 0.2) is 18.2 Å². The second-order valence-electron chi connectivity index (χ2n) is 8.69. The lowest BCUT2D eigenvalue weighted by Crippen LogP contribution is -2.46. The molecule has 0 spiro atoms. The summed E-state index contributed by atoms with van der Waals surface area (Å²) in [6, 6.07) is 8.46. The Balaban J connectivity index is 1.35. The minimum absolute atomic E-state index is 0.188. The largest absolute Gasteiger partial charge is 0.491 e. The minimum Gasteiger partial charge on any atom is -0.491 e. The SMILES string of the molecule is N#CCCN1CCN(Cc2ccc(OCC3CCCO3)cc2OCC2CCCO2)CC1. The topological polar surface area (TPSA) is 67.2 Å². The van der Waals surface area contributed by atoms with Gasteiger partial charge in [0.25, 0.3) is 0 Å². The van der Waals surface area contributed by atoms with Gasteiger partial charge >= 0.3 is 0 Å². The average molecular weight is 430 g/mol.